The molecule has 2 rings (SSSR count). The maximum Gasteiger partial charge on any atom is 0.508 e. The van der Waals surface area contributed by atoms with Crippen LogP contribution in [0.3, 0.4) is 0 Å². The van der Waals surface area contributed by atoms with E-state index in [4.69, 9.17) is 60.9 Å². The van der Waals surface area contributed by atoms with Crippen LogP contribution in [0.25, 0.3) is 0 Å². The minimum Gasteiger partial charge on any atom is -0.460 e. The molecule has 0 aromatic heterocycles. The fourth-order valence-corrected chi connectivity index (χ4v) is 14.3. The monoisotopic (exact) mass is 1520 g/mol. The fraction of sp³-hybridized carbons (Fsp3) is 0.819. The largest absolute Gasteiger partial charge is 0.508 e. The van der Waals surface area contributed by atoms with Crippen LogP contribution < -0.4 is 10.6 Å². The van der Waals surface area contributed by atoms with Gasteiger partial charge in [0.15, 0.2) is 12.6 Å². The number of esters is 1. The van der Waals surface area contributed by atoms with Crippen molar-refractivity contribution in [1.82, 2.24) is 10.6 Å². The van der Waals surface area contributed by atoms with Gasteiger partial charge in [0.1, 0.15) is 80.9 Å². The number of hydrogen-bond donors (Lipinski definition) is 3. The third-order valence-corrected chi connectivity index (χ3v) is 20.4. The van der Waals surface area contributed by atoms with E-state index in [1.54, 1.807) is 0 Å². The summed E-state index contributed by atoms with van der Waals surface area (Å²) in [7, 11) is -4.64. The van der Waals surface area contributed by atoms with E-state index in [2.05, 4.69) is 76.8 Å². The molecular weight excluding hydrogens is 1380 g/mol. The van der Waals surface area contributed by atoms with Crippen molar-refractivity contribution < 1.29 is 94.6 Å². The van der Waals surface area contributed by atoms with E-state index in [0.717, 1.165) is 116 Å². The van der Waals surface area contributed by atoms with Crippen molar-refractivity contribution >= 4 is 37.5 Å². The maximum atomic E-state index is 14.8. The Morgan fingerprint density at radius 1 is 0.472 bits per heavy atom. The highest BCUT2D eigenvalue weighted by molar-refractivity contribution is 7.48. The molecule has 22 nitrogen and oxygen atoms in total. The molecule has 23 heteroatoms. The molecule has 2 amide bonds. The quantitative estimate of drug-likeness (QED) is 0.0168. The van der Waals surface area contributed by atoms with Gasteiger partial charge in [-0.15, -0.1) is 13.2 Å². The first-order valence-electron chi connectivity index (χ1n) is 41.4. The molecule has 0 unspecified atom stereocenters. The van der Waals surface area contributed by atoms with Crippen molar-refractivity contribution in [2.45, 2.75) is 372 Å². The molecule has 2 aliphatic rings. The lowest BCUT2D eigenvalue weighted by Gasteiger charge is -2.47. The Labute approximate surface area is 640 Å². The molecule has 0 aromatic rings. The lowest BCUT2D eigenvalue weighted by Crippen LogP contribution is -2.67. The second-order valence-electron chi connectivity index (χ2n) is 28.4. The van der Waals surface area contributed by atoms with E-state index in [-0.39, 0.29) is 57.9 Å². The number of unbranched alkanes of at least 4 members (excludes halogenated alkanes) is 33. The molecule has 2 saturated heterocycles. The number of ether oxygens (including phenoxy) is 10. The highest BCUT2D eigenvalue weighted by Crippen LogP contribution is 2.52. The summed E-state index contributed by atoms with van der Waals surface area (Å²) in [6.07, 6.45) is 39.9. The number of aliphatic hydroxyl groups excluding tert-OH is 1. The van der Waals surface area contributed by atoms with Crippen LogP contribution in [0, 0.1) is 0 Å². The van der Waals surface area contributed by atoms with Crippen molar-refractivity contribution in [3.8, 4) is 0 Å². The van der Waals surface area contributed by atoms with E-state index >= 15 is 0 Å². The van der Waals surface area contributed by atoms with E-state index in [1.807, 2.05) is 0 Å². The summed E-state index contributed by atoms with van der Waals surface area (Å²) in [5.41, 5.74) is 0. The Balaban J connectivity index is 2.71. The Bertz CT molecular complexity index is 2330. The molecule has 2 heterocycles. The van der Waals surface area contributed by atoms with Gasteiger partial charge in [0.25, 0.3) is 0 Å². The predicted molar refractivity (Wildman–Crippen MR) is 418 cm³/mol. The molecule has 0 radical (unpaired) electrons. The number of aliphatic hydroxyl groups is 1. The molecule has 0 saturated carbocycles. The summed E-state index contributed by atoms with van der Waals surface area (Å²) in [5, 5.41) is 18.4. The third kappa shape index (κ3) is 48.5. The second kappa shape index (κ2) is 66.6. The van der Waals surface area contributed by atoms with Crippen LogP contribution in [0.1, 0.15) is 304 Å². The maximum absolute atomic E-state index is 14.8. The number of hydrogen-bond acceptors (Lipinski definition) is 20. The average molecular weight is 1520 g/mol. The molecule has 2 aliphatic heterocycles. The van der Waals surface area contributed by atoms with Crippen LogP contribution in [-0.4, -0.2) is 168 Å². The van der Waals surface area contributed by atoms with Gasteiger partial charge in [-0.2, -0.15) is 0 Å². The van der Waals surface area contributed by atoms with Crippen LogP contribution in [0.4, 0.5) is 4.79 Å². The first kappa shape index (κ1) is 97.9. The van der Waals surface area contributed by atoms with Gasteiger partial charge >= 0.3 is 19.9 Å². The number of Topliss-reactive ketones (excluding diaryl/α,β-unsaturated/α-hetero) is 1. The zero-order valence-electron chi connectivity index (χ0n) is 66.6. The van der Waals surface area contributed by atoms with Crippen LogP contribution in [0.5, 0.6) is 0 Å². The topological polar surface area (TPSA) is 267 Å². The average Bonchev–Trinajstić information content (AvgIpc) is 0.784. The van der Waals surface area contributed by atoms with Gasteiger partial charge in [0.2, 0.25) is 11.8 Å². The van der Waals surface area contributed by atoms with E-state index in [9.17, 15) is 33.6 Å². The van der Waals surface area contributed by atoms with Crippen molar-refractivity contribution in [3.05, 3.63) is 62.8 Å². The number of phosphoric ester groups is 1. The predicted octanol–water partition coefficient (Wildman–Crippen LogP) is 18.5. The van der Waals surface area contributed by atoms with E-state index in [1.165, 1.54) is 153 Å². The molecular formula is C83H147N2O20P. The Morgan fingerprint density at radius 3 is 1.48 bits per heavy atom. The van der Waals surface area contributed by atoms with Gasteiger partial charge in [-0.05, 0) is 57.8 Å². The van der Waals surface area contributed by atoms with Gasteiger partial charge in [-0.1, -0.05) is 276 Å². The van der Waals surface area contributed by atoms with Crippen molar-refractivity contribution in [2.75, 3.05) is 66.1 Å². The summed E-state index contributed by atoms with van der Waals surface area (Å²) in [5.74, 6) is -2.25. The minimum atomic E-state index is -4.64. The standard InChI is InChI=1S/C83H147N2O20P/c1-10-18-22-26-30-34-36-37-41-44-48-52-61-93-70(55-51-47-43-39-33-29-25-21-13-4)56-63-96-80-76(84-68(9)86)82(104-72(66-100-83(91)97-58-15-6)78(80)105-106(92,101-59-16-7)102-60-17-8)98-65-71-77(90)79(95-62-53-49-45-40-35-31-27-23-19-11-2)75(81(103-71)99-67-74(89)94-57-14-5)85-73(88)64-69(87)54-50-46-42-38-32-28-24-20-12-3/h14-17,34,36,70-72,75-82,90H,5-8,10-13,18-33,35,37-67H2,1-4,9H3,(H,84,86)(H,85,88)/b36-34-/t70-,71-,72-,75-,76-,77-,78-,79-,80-,81+,82-/m1/s1. The summed E-state index contributed by atoms with van der Waals surface area (Å²) in [4.78, 5) is 67.5. The first-order chi connectivity index (χ1) is 51.6. The zero-order valence-corrected chi connectivity index (χ0v) is 67.5. The lowest BCUT2D eigenvalue weighted by atomic mass is 9.95. The van der Waals surface area contributed by atoms with Gasteiger partial charge in [-0.25, -0.2) is 14.2 Å². The number of phosphoric acid groups is 1. The van der Waals surface area contributed by atoms with Crippen LogP contribution in [-0.2, 0) is 84.7 Å². The first-order valence-corrected chi connectivity index (χ1v) is 42.9. The highest BCUT2D eigenvalue weighted by atomic mass is 31.2. The van der Waals surface area contributed by atoms with Crippen LogP contribution in [0.15, 0.2) is 62.8 Å². The number of nitrogens with one attached hydrogen (secondary N) is 2. The normalized spacial score (nSPS) is 20.6. The number of rotatable bonds is 73. The van der Waals surface area contributed by atoms with Crippen molar-refractivity contribution in [2.24, 2.45) is 0 Å². The third-order valence-electron chi connectivity index (χ3n) is 18.9. The van der Waals surface area contributed by atoms with Gasteiger partial charge < -0.3 is 63.1 Å². The smallest absolute Gasteiger partial charge is 0.460 e. The molecule has 11 atom stereocenters. The van der Waals surface area contributed by atoms with Crippen LogP contribution >= 0.6 is 7.82 Å². The van der Waals surface area contributed by atoms with Crippen molar-refractivity contribution in [3.63, 3.8) is 0 Å². The number of allylic oxidation sites excluding steroid dienone is 2. The van der Waals surface area contributed by atoms with Gasteiger partial charge in [-0.3, -0.25) is 28.0 Å². The molecule has 614 valence electrons. The summed E-state index contributed by atoms with van der Waals surface area (Å²) in [6, 6.07) is -2.61. The number of carbonyl (C=O) groups excluding carboxylic acids is 5. The van der Waals surface area contributed by atoms with Gasteiger partial charge in [0, 0.05) is 33.2 Å². The molecule has 3 N–H and O–H groups in total. The Morgan fingerprint density at radius 2 is 0.934 bits per heavy atom. The lowest BCUT2D eigenvalue weighted by molar-refractivity contribution is -0.307. The molecule has 0 aromatic carbocycles. The molecule has 106 heavy (non-hydrogen) atoms. The summed E-state index contributed by atoms with van der Waals surface area (Å²) in [6.45, 7) is 22.8. The van der Waals surface area contributed by atoms with Crippen molar-refractivity contribution in [1.29, 1.82) is 0 Å². The SMILES string of the molecule is C=CCOC(=O)CO[C@H]1O[C@H](CO[C@@H]2O[C@H](COC(=O)OCC=C)[C@@H](OP(=O)(OCC=C)OCC=C)[C@H](OCC[C@@H](CCCCCCCCCCC)OCCCCCC/C=C\CCCCCC)[C@H]2NC(C)=O)[C@@H](O)[C@H](OCCCCCCCCCCCC)[C@H]1NC(=O)CC(=O)CCCCCCCCCCC. The second-order valence-corrected chi connectivity index (χ2v) is 30.0. The minimum absolute atomic E-state index is 0.00915. The summed E-state index contributed by atoms with van der Waals surface area (Å²) >= 11 is 0. The zero-order chi connectivity index (χ0) is 77.4. The van der Waals surface area contributed by atoms with E-state index < -0.39 is 119 Å². The number of ketones is 1. The molecule has 0 aliphatic carbocycles. The Kier molecular flexibility index (Phi) is 61.5. The number of carbonyl (C=O) groups is 5. The molecule has 2 fully saturated rings. The fourth-order valence-electron chi connectivity index (χ4n) is 13.0. The van der Waals surface area contributed by atoms with Gasteiger partial charge in [0.05, 0.1) is 32.3 Å². The molecule has 0 bridgehead atoms. The molecule has 0 spiro atoms. The highest BCUT2D eigenvalue weighted by Gasteiger charge is 2.54. The Hall–Kier alpha value is -4.16. The summed E-state index contributed by atoms with van der Waals surface area (Å²) < 4.78 is 95.1. The number of amides is 2. The van der Waals surface area contributed by atoms with Crippen LogP contribution in [0.2, 0.25) is 0 Å². The van der Waals surface area contributed by atoms with E-state index in [0.29, 0.717) is 25.9 Å².